The molecule has 0 aliphatic heterocycles. The molecule has 0 N–H and O–H groups in total. The zero-order chi connectivity index (χ0) is 22.3. The predicted molar refractivity (Wildman–Crippen MR) is 121 cm³/mol. The molecule has 0 radical (unpaired) electrons. The highest BCUT2D eigenvalue weighted by Crippen LogP contribution is 2.44. The molecule has 1 aliphatic rings. The SMILES string of the molecule is CCCCCCCCCCCCOC[C@@H]1CCC[C@H]1OP(=O)([O-])OCC[N+](C)(C)C. The fourth-order valence-electron chi connectivity index (χ4n) is 3.88. The van der Waals surface area contributed by atoms with E-state index < -0.39 is 7.82 Å². The van der Waals surface area contributed by atoms with E-state index in [0.717, 1.165) is 32.3 Å². The zero-order valence-electron chi connectivity index (χ0n) is 20.1. The zero-order valence-corrected chi connectivity index (χ0v) is 21.0. The van der Waals surface area contributed by atoms with Gasteiger partial charge in [0.1, 0.15) is 13.2 Å². The second kappa shape index (κ2) is 15.8. The topological polar surface area (TPSA) is 67.8 Å². The van der Waals surface area contributed by atoms with Crippen molar-refractivity contribution in [3.05, 3.63) is 0 Å². The van der Waals surface area contributed by atoms with Crippen LogP contribution >= 0.6 is 7.82 Å². The summed E-state index contributed by atoms with van der Waals surface area (Å²) in [5.74, 6) is 0.150. The first-order valence-corrected chi connectivity index (χ1v) is 13.7. The monoisotopic (exact) mass is 449 g/mol. The van der Waals surface area contributed by atoms with Crippen LogP contribution in [-0.2, 0) is 18.3 Å². The van der Waals surface area contributed by atoms with E-state index in [1.54, 1.807) is 0 Å². The van der Waals surface area contributed by atoms with Gasteiger partial charge in [0.2, 0.25) is 0 Å². The number of likely N-dealkylation sites (N-methyl/N-ethyl adjacent to an activating group) is 1. The van der Waals surface area contributed by atoms with Gasteiger partial charge in [-0.3, -0.25) is 4.57 Å². The third-order valence-electron chi connectivity index (χ3n) is 5.84. The van der Waals surface area contributed by atoms with Gasteiger partial charge in [0.25, 0.3) is 7.82 Å². The first kappa shape index (κ1) is 28.1. The molecular weight excluding hydrogens is 401 g/mol. The summed E-state index contributed by atoms with van der Waals surface area (Å²) in [5.41, 5.74) is 0. The minimum absolute atomic E-state index is 0.150. The van der Waals surface area contributed by atoms with Crippen LogP contribution in [0.25, 0.3) is 0 Å². The van der Waals surface area contributed by atoms with Crippen LogP contribution in [0.4, 0.5) is 0 Å². The molecule has 6 nitrogen and oxygen atoms in total. The Balaban J connectivity index is 2.07. The number of unbranched alkanes of at least 4 members (excludes halogenated alkanes) is 9. The normalized spacial score (nSPS) is 21.8. The maximum Gasteiger partial charge on any atom is 0.268 e. The first-order valence-electron chi connectivity index (χ1n) is 12.3. The van der Waals surface area contributed by atoms with E-state index in [9.17, 15) is 9.46 Å². The number of nitrogens with zero attached hydrogens (tertiary/aromatic N) is 1. The van der Waals surface area contributed by atoms with Crippen LogP contribution in [0.1, 0.15) is 90.4 Å². The molecule has 30 heavy (non-hydrogen) atoms. The molecule has 1 fully saturated rings. The van der Waals surface area contributed by atoms with E-state index >= 15 is 0 Å². The largest absolute Gasteiger partial charge is 0.756 e. The number of phosphoric ester groups is 1. The van der Waals surface area contributed by atoms with Gasteiger partial charge < -0.3 is 23.2 Å². The molecule has 1 saturated carbocycles. The van der Waals surface area contributed by atoms with Crippen molar-refractivity contribution >= 4 is 7.82 Å². The van der Waals surface area contributed by atoms with Crippen molar-refractivity contribution in [1.82, 2.24) is 0 Å². The lowest BCUT2D eigenvalue weighted by molar-refractivity contribution is -0.870. The Hall–Kier alpha value is 0.0300. The second-order valence-electron chi connectivity index (χ2n) is 9.89. The number of ether oxygens (including phenoxy) is 1. The van der Waals surface area contributed by atoms with Crippen molar-refractivity contribution < 1.29 is 27.7 Å². The standard InChI is InChI=1S/C23H48NO5P/c1-5-6-7-8-9-10-11-12-13-14-19-27-21-22-16-15-17-23(22)29-30(25,26)28-20-18-24(2,3)4/h22-23H,5-21H2,1-4H3/t22-,23+/m0/s1. The molecule has 0 bridgehead atoms. The van der Waals surface area contributed by atoms with Crippen molar-refractivity contribution in [3.8, 4) is 0 Å². The van der Waals surface area contributed by atoms with Gasteiger partial charge in [0.05, 0.1) is 33.9 Å². The molecule has 180 valence electrons. The number of phosphoric acid groups is 1. The third kappa shape index (κ3) is 14.9. The summed E-state index contributed by atoms with van der Waals surface area (Å²) in [7, 11) is 1.75. The quantitative estimate of drug-likeness (QED) is 0.152. The van der Waals surface area contributed by atoms with Gasteiger partial charge in [0, 0.05) is 12.5 Å². The Bertz CT molecular complexity index is 469. The van der Waals surface area contributed by atoms with Crippen molar-refractivity contribution in [3.63, 3.8) is 0 Å². The molecule has 0 heterocycles. The van der Waals surface area contributed by atoms with Gasteiger partial charge in [-0.25, -0.2) is 0 Å². The molecule has 1 unspecified atom stereocenters. The van der Waals surface area contributed by atoms with Crippen molar-refractivity contribution in [2.45, 2.75) is 96.5 Å². The summed E-state index contributed by atoms with van der Waals surface area (Å²) < 4.78 is 29.1. The molecule has 0 amide bonds. The van der Waals surface area contributed by atoms with E-state index in [4.69, 9.17) is 13.8 Å². The van der Waals surface area contributed by atoms with Gasteiger partial charge in [-0.05, 0) is 19.3 Å². The maximum atomic E-state index is 12.1. The fraction of sp³-hybridized carbons (Fsp3) is 1.00. The lowest BCUT2D eigenvalue weighted by Crippen LogP contribution is -2.37. The highest BCUT2D eigenvalue weighted by atomic mass is 31.2. The minimum atomic E-state index is -4.25. The molecule has 1 aliphatic carbocycles. The minimum Gasteiger partial charge on any atom is -0.756 e. The predicted octanol–water partition coefficient (Wildman–Crippen LogP) is 5.30. The molecule has 1 rings (SSSR count). The van der Waals surface area contributed by atoms with Gasteiger partial charge >= 0.3 is 0 Å². The number of hydrogen-bond donors (Lipinski definition) is 0. The molecule has 7 heteroatoms. The van der Waals surface area contributed by atoms with Crippen LogP contribution in [-0.4, -0.2) is 58.1 Å². The maximum absolute atomic E-state index is 12.1. The van der Waals surface area contributed by atoms with Gasteiger partial charge in [0.15, 0.2) is 0 Å². The van der Waals surface area contributed by atoms with Crippen molar-refractivity contribution in [2.24, 2.45) is 5.92 Å². The van der Waals surface area contributed by atoms with Crippen LogP contribution in [0, 0.1) is 5.92 Å². The van der Waals surface area contributed by atoms with Crippen LogP contribution < -0.4 is 4.89 Å². The first-order chi connectivity index (χ1) is 14.2. The molecule has 0 aromatic rings. The molecule has 3 atom stereocenters. The second-order valence-corrected chi connectivity index (χ2v) is 11.2. The van der Waals surface area contributed by atoms with Gasteiger partial charge in [-0.15, -0.1) is 0 Å². The van der Waals surface area contributed by atoms with E-state index in [-0.39, 0.29) is 18.6 Å². The lowest BCUT2D eigenvalue weighted by atomic mass is 10.1. The number of rotatable bonds is 19. The summed E-state index contributed by atoms with van der Waals surface area (Å²) in [5, 5.41) is 0. The summed E-state index contributed by atoms with van der Waals surface area (Å²) in [6.45, 7) is 4.37. The smallest absolute Gasteiger partial charge is 0.268 e. The highest BCUT2D eigenvalue weighted by Gasteiger charge is 2.31. The average Bonchev–Trinajstić information content (AvgIpc) is 3.07. The summed E-state index contributed by atoms with van der Waals surface area (Å²) in [6, 6.07) is 0. The Labute approximate surface area is 185 Å². The van der Waals surface area contributed by atoms with E-state index in [2.05, 4.69) is 6.92 Å². The van der Waals surface area contributed by atoms with Crippen LogP contribution in [0.3, 0.4) is 0 Å². The summed E-state index contributed by atoms with van der Waals surface area (Å²) >= 11 is 0. The Morgan fingerprint density at radius 3 is 2.10 bits per heavy atom. The van der Waals surface area contributed by atoms with Gasteiger partial charge in [-0.2, -0.15) is 0 Å². The van der Waals surface area contributed by atoms with Crippen molar-refractivity contribution in [1.29, 1.82) is 0 Å². The van der Waals surface area contributed by atoms with Crippen LogP contribution in [0.5, 0.6) is 0 Å². The Kier molecular flexibility index (Phi) is 14.8. The van der Waals surface area contributed by atoms with E-state index in [1.165, 1.54) is 57.8 Å². The van der Waals surface area contributed by atoms with Gasteiger partial charge in [-0.1, -0.05) is 71.1 Å². The molecule has 0 aromatic heterocycles. The highest BCUT2D eigenvalue weighted by molar-refractivity contribution is 7.45. The van der Waals surface area contributed by atoms with Crippen LogP contribution in [0.2, 0.25) is 0 Å². The molecule has 0 aromatic carbocycles. The summed E-state index contributed by atoms with van der Waals surface area (Å²) in [6.07, 6.45) is 15.5. The molecule has 0 saturated heterocycles. The van der Waals surface area contributed by atoms with E-state index in [0.29, 0.717) is 17.6 Å². The lowest BCUT2D eigenvalue weighted by Gasteiger charge is -2.30. The van der Waals surface area contributed by atoms with Crippen molar-refractivity contribution in [2.75, 3.05) is 47.5 Å². The van der Waals surface area contributed by atoms with E-state index in [1.807, 2.05) is 21.1 Å². The third-order valence-corrected chi connectivity index (χ3v) is 6.87. The fourth-order valence-corrected chi connectivity index (χ4v) is 4.86. The average molecular weight is 450 g/mol. The Morgan fingerprint density at radius 1 is 0.900 bits per heavy atom. The summed E-state index contributed by atoms with van der Waals surface area (Å²) in [4.78, 5) is 12.1. The number of quaternary nitrogens is 1. The van der Waals surface area contributed by atoms with Crippen LogP contribution in [0.15, 0.2) is 0 Å². The number of hydrogen-bond acceptors (Lipinski definition) is 5. The molecular formula is C23H48NO5P. The molecule has 0 spiro atoms. The Morgan fingerprint density at radius 2 is 1.50 bits per heavy atom.